The highest BCUT2D eigenvalue weighted by Gasteiger charge is 2.23. The average molecular weight is 258 g/mol. The van der Waals surface area contributed by atoms with E-state index in [-0.39, 0.29) is 18.1 Å². The molecule has 0 saturated heterocycles. The van der Waals surface area contributed by atoms with Crippen LogP contribution in [0.2, 0.25) is 0 Å². The summed E-state index contributed by atoms with van der Waals surface area (Å²) in [6.07, 6.45) is 0.0502. The monoisotopic (exact) mass is 258 g/mol. The number of primary amides is 1. The first kappa shape index (κ1) is 14.2. The van der Waals surface area contributed by atoms with Crippen LogP contribution in [0, 0.1) is 5.82 Å². The van der Waals surface area contributed by atoms with Gasteiger partial charge in [-0.1, -0.05) is 0 Å². The number of carbonyl (C=O) groups excluding carboxylic acids is 1. The van der Waals surface area contributed by atoms with Crippen LogP contribution in [0.1, 0.15) is 19.4 Å². The van der Waals surface area contributed by atoms with Crippen molar-refractivity contribution in [3.63, 3.8) is 0 Å². The van der Waals surface area contributed by atoms with E-state index in [2.05, 4.69) is 4.98 Å². The van der Waals surface area contributed by atoms with Gasteiger partial charge in [-0.2, -0.15) is 0 Å². The Hall–Kier alpha value is -1.89. The predicted molar refractivity (Wildman–Crippen MR) is 60.4 cm³/mol. The van der Waals surface area contributed by atoms with E-state index in [1.165, 1.54) is 0 Å². The maximum absolute atomic E-state index is 12.9. The van der Waals surface area contributed by atoms with E-state index in [1.54, 1.807) is 13.8 Å². The van der Waals surface area contributed by atoms with E-state index < -0.39 is 24.1 Å². The van der Waals surface area contributed by atoms with Gasteiger partial charge >= 0.3 is 6.09 Å². The number of pyridine rings is 1. The molecule has 1 heterocycles. The van der Waals surface area contributed by atoms with Crippen LogP contribution in [0.3, 0.4) is 0 Å². The molecule has 0 aliphatic carbocycles. The van der Waals surface area contributed by atoms with Gasteiger partial charge in [0.05, 0.1) is 12.8 Å². The van der Waals surface area contributed by atoms with Crippen LogP contribution in [-0.2, 0) is 11.3 Å². The van der Waals surface area contributed by atoms with E-state index in [9.17, 15) is 9.18 Å². The molecule has 1 rings (SSSR count). The topological polar surface area (TPSA) is 94.7 Å². The number of carbonyl (C=O) groups is 1. The number of aliphatic hydroxyl groups excluding tert-OH is 1. The molecule has 1 aromatic heterocycles. The van der Waals surface area contributed by atoms with Crippen molar-refractivity contribution in [1.29, 1.82) is 0 Å². The summed E-state index contributed by atoms with van der Waals surface area (Å²) in [5, 5.41) is 9.03. The number of aliphatic hydroxyl groups is 1. The molecule has 0 bridgehead atoms. The van der Waals surface area contributed by atoms with Crippen molar-refractivity contribution in [3.8, 4) is 5.88 Å². The minimum atomic E-state index is -0.950. The van der Waals surface area contributed by atoms with Crippen molar-refractivity contribution >= 4 is 6.09 Å². The van der Waals surface area contributed by atoms with Crippen molar-refractivity contribution in [3.05, 3.63) is 23.6 Å². The second kappa shape index (κ2) is 5.63. The second-order valence-electron chi connectivity index (χ2n) is 4.25. The Bertz CT molecular complexity index is 437. The first-order chi connectivity index (χ1) is 8.34. The second-order valence-corrected chi connectivity index (χ2v) is 4.25. The van der Waals surface area contributed by atoms with Gasteiger partial charge in [0.2, 0.25) is 5.88 Å². The molecule has 0 unspecified atom stereocenters. The number of rotatable bonds is 5. The summed E-state index contributed by atoms with van der Waals surface area (Å²) in [6, 6.07) is 1.12. The standard InChI is InChI=1S/C11H15FN2O4/c1-11(2,18-10(13)16)6-17-9-7(5-15)3-8(12)4-14-9/h3-4,15H,5-6H2,1-2H3,(H2,13,16). The van der Waals surface area contributed by atoms with Gasteiger partial charge in [0.25, 0.3) is 0 Å². The van der Waals surface area contributed by atoms with Crippen molar-refractivity contribution in [2.75, 3.05) is 6.61 Å². The summed E-state index contributed by atoms with van der Waals surface area (Å²) < 4.78 is 22.9. The molecule has 0 spiro atoms. The number of hydrogen-bond donors (Lipinski definition) is 2. The highest BCUT2D eigenvalue weighted by molar-refractivity contribution is 5.65. The number of amides is 1. The molecular weight excluding hydrogens is 243 g/mol. The maximum atomic E-state index is 12.9. The van der Waals surface area contributed by atoms with Crippen molar-refractivity contribution in [1.82, 2.24) is 4.98 Å². The fourth-order valence-corrected chi connectivity index (χ4v) is 1.26. The molecule has 7 heteroatoms. The quantitative estimate of drug-likeness (QED) is 0.820. The van der Waals surface area contributed by atoms with Crippen molar-refractivity contribution in [2.24, 2.45) is 5.73 Å². The fraction of sp³-hybridized carbons (Fsp3) is 0.455. The van der Waals surface area contributed by atoms with E-state index in [0.717, 1.165) is 12.3 Å². The molecule has 1 aromatic rings. The fourth-order valence-electron chi connectivity index (χ4n) is 1.26. The van der Waals surface area contributed by atoms with Crippen LogP contribution < -0.4 is 10.5 Å². The van der Waals surface area contributed by atoms with Crippen LogP contribution >= 0.6 is 0 Å². The van der Waals surface area contributed by atoms with Crippen molar-refractivity contribution in [2.45, 2.75) is 26.1 Å². The molecule has 0 saturated carbocycles. The molecule has 6 nitrogen and oxygen atoms in total. The highest BCUT2D eigenvalue weighted by Crippen LogP contribution is 2.18. The van der Waals surface area contributed by atoms with Crippen LogP contribution in [0.15, 0.2) is 12.3 Å². The van der Waals surface area contributed by atoms with E-state index in [4.69, 9.17) is 20.3 Å². The summed E-state index contributed by atoms with van der Waals surface area (Å²) in [5.41, 5.74) is 4.16. The van der Waals surface area contributed by atoms with E-state index >= 15 is 0 Å². The highest BCUT2D eigenvalue weighted by atomic mass is 19.1. The molecule has 100 valence electrons. The van der Waals surface area contributed by atoms with Gasteiger partial charge in [-0.05, 0) is 19.9 Å². The smallest absolute Gasteiger partial charge is 0.405 e. The van der Waals surface area contributed by atoms with Gasteiger partial charge < -0.3 is 20.3 Å². The van der Waals surface area contributed by atoms with Crippen molar-refractivity contribution < 1.29 is 23.8 Å². The SMILES string of the molecule is CC(C)(COc1ncc(F)cc1CO)OC(N)=O. The molecule has 0 aliphatic heterocycles. The van der Waals surface area contributed by atoms with Gasteiger partial charge in [0.1, 0.15) is 18.0 Å². The van der Waals surface area contributed by atoms with E-state index in [0.29, 0.717) is 0 Å². The number of halogens is 1. The molecule has 0 aliphatic rings. The number of ether oxygens (including phenoxy) is 2. The lowest BCUT2D eigenvalue weighted by Gasteiger charge is -2.24. The van der Waals surface area contributed by atoms with Gasteiger partial charge in [0, 0.05) is 5.56 Å². The third-order valence-electron chi connectivity index (χ3n) is 2.00. The van der Waals surface area contributed by atoms with E-state index in [1.807, 2.05) is 0 Å². The Morgan fingerprint density at radius 2 is 2.28 bits per heavy atom. The Labute approximate surface area is 104 Å². The van der Waals surface area contributed by atoms with Gasteiger partial charge in [0.15, 0.2) is 0 Å². The molecule has 0 fully saturated rings. The van der Waals surface area contributed by atoms with Gasteiger partial charge in [-0.15, -0.1) is 0 Å². The third-order valence-corrected chi connectivity index (χ3v) is 2.00. The van der Waals surface area contributed by atoms with Crippen LogP contribution in [-0.4, -0.2) is 28.4 Å². The Kier molecular flexibility index (Phi) is 4.43. The van der Waals surface area contributed by atoms with Gasteiger partial charge in [-0.3, -0.25) is 0 Å². The normalized spacial score (nSPS) is 11.1. The molecule has 1 amide bonds. The average Bonchev–Trinajstić information content (AvgIpc) is 2.25. The first-order valence-corrected chi connectivity index (χ1v) is 5.20. The largest absolute Gasteiger partial charge is 0.473 e. The summed E-state index contributed by atoms with van der Waals surface area (Å²) in [6.45, 7) is 2.76. The summed E-state index contributed by atoms with van der Waals surface area (Å²) in [5.74, 6) is -0.487. The minimum Gasteiger partial charge on any atom is -0.473 e. The summed E-state index contributed by atoms with van der Waals surface area (Å²) in [4.78, 5) is 14.3. The van der Waals surface area contributed by atoms with Crippen LogP contribution in [0.5, 0.6) is 5.88 Å². The lowest BCUT2D eigenvalue weighted by atomic mass is 10.1. The maximum Gasteiger partial charge on any atom is 0.405 e. The molecule has 0 atom stereocenters. The summed E-state index contributed by atoms with van der Waals surface area (Å²) >= 11 is 0. The zero-order valence-electron chi connectivity index (χ0n) is 10.1. The third kappa shape index (κ3) is 4.17. The zero-order chi connectivity index (χ0) is 13.8. The molecule has 18 heavy (non-hydrogen) atoms. The first-order valence-electron chi connectivity index (χ1n) is 5.20. The lowest BCUT2D eigenvalue weighted by molar-refractivity contribution is 0.00743. The number of aromatic nitrogens is 1. The summed E-state index contributed by atoms with van der Waals surface area (Å²) in [7, 11) is 0. The molecule has 0 aromatic carbocycles. The number of nitrogens with two attached hydrogens (primary N) is 1. The molecule has 3 N–H and O–H groups in total. The molecule has 0 radical (unpaired) electrons. The Morgan fingerprint density at radius 1 is 1.61 bits per heavy atom. The van der Waals surface area contributed by atoms with Gasteiger partial charge in [-0.25, -0.2) is 14.2 Å². The lowest BCUT2D eigenvalue weighted by Crippen LogP contribution is -2.37. The number of nitrogens with zero attached hydrogens (tertiary/aromatic N) is 1. The Morgan fingerprint density at radius 3 is 2.83 bits per heavy atom. The predicted octanol–water partition coefficient (Wildman–Crippen LogP) is 0.966. The Balaban J connectivity index is 2.71. The zero-order valence-corrected chi connectivity index (χ0v) is 10.1. The van der Waals surface area contributed by atoms with Crippen LogP contribution in [0.25, 0.3) is 0 Å². The minimum absolute atomic E-state index is 0.0262. The van der Waals surface area contributed by atoms with Crippen LogP contribution in [0.4, 0.5) is 9.18 Å². The molecular formula is C11H15FN2O4. The number of hydrogen-bond acceptors (Lipinski definition) is 5.